The van der Waals surface area contributed by atoms with Gasteiger partial charge in [-0.1, -0.05) is 24.3 Å². The Kier molecular flexibility index (Phi) is 3.38. The number of ketones is 1. The first-order valence-corrected chi connectivity index (χ1v) is 4.49. The molecule has 0 aliphatic rings. The van der Waals surface area contributed by atoms with Crippen LogP contribution in [-0.4, -0.2) is 22.1 Å². The van der Waals surface area contributed by atoms with Crippen LogP contribution in [0.4, 0.5) is 0 Å². The van der Waals surface area contributed by atoms with Gasteiger partial charge < -0.3 is 10.2 Å². The highest BCUT2D eigenvalue weighted by Gasteiger charge is 2.13. The third kappa shape index (κ3) is 2.40. The van der Waals surface area contributed by atoms with Crippen molar-refractivity contribution < 1.29 is 15.0 Å². The first-order chi connectivity index (χ1) is 6.52. The van der Waals surface area contributed by atoms with Crippen LogP contribution in [-0.2, 0) is 0 Å². The minimum absolute atomic E-state index is 0.0110. The summed E-state index contributed by atoms with van der Waals surface area (Å²) in [7, 11) is 0. The highest BCUT2D eigenvalue weighted by molar-refractivity contribution is 5.94. The summed E-state index contributed by atoms with van der Waals surface area (Å²) in [6.45, 7) is 3.00. The van der Waals surface area contributed by atoms with Gasteiger partial charge in [0.1, 0.15) is 6.10 Å². The standard InChI is InChI=1S/C11H14O3/c1-7(12)9-3-5-10(6-4-9)11(14)8(2)13/h3-6,8,11,13-14H,1-2H3. The molecule has 0 spiro atoms. The quantitative estimate of drug-likeness (QED) is 0.713. The van der Waals surface area contributed by atoms with Gasteiger partial charge in [0.2, 0.25) is 0 Å². The molecule has 0 aromatic heterocycles. The molecular formula is C11H14O3. The molecule has 0 aliphatic carbocycles. The van der Waals surface area contributed by atoms with E-state index in [1.165, 1.54) is 13.8 Å². The van der Waals surface area contributed by atoms with Crippen molar-refractivity contribution in [2.45, 2.75) is 26.1 Å². The van der Waals surface area contributed by atoms with E-state index in [4.69, 9.17) is 5.11 Å². The molecule has 0 bridgehead atoms. The molecular weight excluding hydrogens is 180 g/mol. The minimum Gasteiger partial charge on any atom is -0.390 e. The predicted molar refractivity (Wildman–Crippen MR) is 53.1 cm³/mol. The van der Waals surface area contributed by atoms with E-state index in [1.54, 1.807) is 24.3 Å². The van der Waals surface area contributed by atoms with Crippen LogP contribution in [0.25, 0.3) is 0 Å². The lowest BCUT2D eigenvalue weighted by atomic mass is 10.0. The van der Waals surface area contributed by atoms with Gasteiger partial charge in [-0.15, -0.1) is 0 Å². The second-order valence-electron chi connectivity index (χ2n) is 3.36. The fourth-order valence-corrected chi connectivity index (χ4v) is 1.19. The average molecular weight is 194 g/mol. The van der Waals surface area contributed by atoms with Crippen LogP contribution >= 0.6 is 0 Å². The number of Topliss-reactive ketones (excluding diaryl/α,β-unsaturated/α-hetero) is 1. The van der Waals surface area contributed by atoms with Crippen molar-refractivity contribution in [3.8, 4) is 0 Å². The second-order valence-corrected chi connectivity index (χ2v) is 3.36. The fraction of sp³-hybridized carbons (Fsp3) is 0.364. The van der Waals surface area contributed by atoms with Gasteiger partial charge in [0, 0.05) is 5.56 Å². The molecule has 0 fully saturated rings. The Bertz CT molecular complexity index is 314. The van der Waals surface area contributed by atoms with Crippen LogP contribution in [0.2, 0.25) is 0 Å². The normalized spacial score (nSPS) is 14.9. The van der Waals surface area contributed by atoms with E-state index in [1.807, 2.05) is 0 Å². The molecule has 2 atom stereocenters. The van der Waals surface area contributed by atoms with Gasteiger partial charge in [0.05, 0.1) is 6.10 Å². The zero-order valence-electron chi connectivity index (χ0n) is 8.27. The predicted octanol–water partition coefficient (Wildman–Crippen LogP) is 1.30. The lowest BCUT2D eigenvalue weighted by Crippen LogP contribution is -2.13. The van der Waals surface area contributed by atoms with Crippen LogP contribution in [0, 0.1) is 0 Å². The number of carbonyl (C=O) groups excluding carboxylic acids is 1. The molecule has 0 radical (unpaired) electrons. The Morgan fingerprint density at radius 1 is 1.21 bits per heavy atom. The van der Waals surface area contributed by atoms with Gasteiger partial charge in [0.15, 0.2) is 5.78 Å². The van der Waals surface area contributed by atoms with Crippen LogP contribution < -0.4 is 0 Å². The maximum Gasteiger partial charge on any atom is 0.159 e. The van der Waals surface area contributed by atoms with E-state index in [0.717, 1.165) is 0 Å². The van der Waals surface area contributed by atoms with Crippen LogP contribution in [0.1, 0.15) is 35.9 Å². The molecule has 0 saturated carbocycles. The summed E-state index contributed by atoms with van der Waals surface area (Å²) in [5.74, 6) is -0.0110. The Hall–Kier alpha value is -1.19. The molecule has 1 rings (SSSR count). The maximum absolute atomic E-state index is 10.9. The molecule has 1 aromatic carbocycles. The van der Waals surface area contributed by atoms with Crippen LogP contribution in [0.15, 0.2) is 24.3 Å². The summed E-state index contributed by atoms with van der Waals surface area (Å²) >= 11 is 0. The van der Waals surface area contributed by atoms with E-state index >= 15 is 0 Å². The van der Waals surface area contributed by atoms with Gasteiger partial charge in [0.25, 0.3) is 0 Å². The number of benzene rings is 1. The van der Waals surface area contributed by atoms with Crippen molar-refractivity contribution in [1.29, 1.82) is 0 Å². The fourth-order valence-electron chi connectivity index (χ4n) is 1.19. The van der Waals surface area contributed by atoms with E-state index < -0.39 is 12.2 Å². The Balaban J connectivity index is 2.88. The third-order valence-electron chi connectivity index (χ3n) is 2.12. The van der Waals surface area contributed by atoms with Crippen molar-refractivity contribution >= 4 is 5.78 Å². The molecule has 1 aromatic rings. The van der Waals surface area contributed by atoms with Gasteiger partial charge in [-0.2, -0.15) is 0 Å². The molecule has 2 unspecified atom stereocenters. The van der Waals surface area contributed by atoms with E-state index in [0.29, 0.717) is 11.1 Å². The minimum atomic E-state index is -0.893. The van der Waals surface area contributed by atoms with Gasteiger partial charge in [-0.05, 0) is 19.4 Å². The summed E-state index contributed by atoms with van der Waals surface area (Å²) in [5.41, 5.74) is 1.22. The number of carbonyl (C=O) groups is 1. The van der Waals surface area contributed by atoms with E-state index in [9.17, 15) is 9.90 Å². The molecule has 3 nitrogen and oxygen atoms in total. The molecule has 0 amide bonds. The van der Waals surface area contributed by atoms with E-state index in [-0.39, 0.29) is 5.78 Å². The SMILES string of the molecule is CC(=O)c1ccc(C(O)C(C)O)cc1. The first kappa shape index (κ1) is 10.9. The summed E-state index contributed by atoms with van der Waals surface area (Å²) in [4.78, 5) is 10.9. The average Bonchev–Trinajstić information content (AvgIpc) is 2.16. The largest absolute Gasteiger partial charge is 0.390 e. The summed E-state index contributed by atoms with van der Waals surface area (Å²) in [6.07, 6.45) is -1.70. The molecule has 2 N–H and O–H groups in total. The molecule has 3 heteroatoms. The van der Waals surface area contributed by atoms with Crippen molar-refractivity contribution in [1.82, 2.24) is 0 Å². The van der Waals surface area contributed by atoms with Gasteiger partial charge in [-0.3, -0.25) is 4.79 Å². The van der Waals surface area contributed by atoms with Gasteiger partial charge >= 0.3 is 0 Å². The zero-order chi connectivity index (χ0) is 10.7. The Morgan fingerprint density at radius 3 is 2.07 bits per heavy atom. The Labute approximate surface area is 83.0 Å². The highest BCUT2D eigenvalue weighted by atomic mass is 16.3. The maximum atomic E-state index is 10.9. The van der Waals surface area contributed by atoms with Crippen molar-refractivity contribution in [2.75, 3.05) is 0 Å². The number of aliphatic hydroxyl groups excluding tert-OH is 2. The number of hydrogen-bond acceptors (Lipinski definition) is 3. The summed E-state index contributed by atoms with van der Waals surface area (Å²) in [6, 6.07) is 6.58. The van der Waals surface area contributed by atoms with Crippen LogP contribution in [0.5, 0.6) is 0 Å². The molecule has 0 heterocycles. The van der Waals surface area contributed by atoms with Gasteiger partial charge in [-0.25, -0.2) is 0 Å². The molecule has 76 valence electrons. The first-order valence-electron chi connectivity index (χ1n) is 4.49. The smallest absolute Gasteiger partial charge is 0.159 e. The monoisotopic (exact) mass is 194 g/mol. The summed E-state index contributed by atoms with van der Waals surface area (Å²) in [5, 5.41) is 18.6. The van der Waals surface area contributed by atoms with Crippen molar-refractivity contribution in [2.24, 2.45) is 0 Å². The van der Waals surface area contributed by atoms with E-state index in [2.05, 4.69) is 0 Å². The zero-order valence-corrected chi connectivity index (χ0v) is 8.27. The molecule has 0 saturated heterocycles. The highest BCUT2D eigenvalue weighted by Crippen LogP contribution is 2.17. The number of aliphatic hydroxyl groups is 2. The van der Waals surface area contributed by atoms with Crippen molar-refractivity contribution in [3.05, 3.63) is 35.4 Å². The summed E-state index contributed by atoms with van der Waals surface area (Å²) < 4.78 is 0. The number of rotatable bonds is 3. The third-order valence-corrected chi connectivity index (χ3v) is 2.12. The lowest BCUT2D eigenvalue weighted by Gasteiger charge is -2.13. The van der Waals surface area contributed by atoms with Crippen molar-refractivity contribution in [3.63, 3.8) is 0 Å². The van der Waals surface area contributed by atoms with Crippen LogP contribution in [0.3, 0.4) is 0 Å². The topological polar surface area (TPSA) is 57.5 Å². The lowest BCUT2D eigenvalue weighted by molar-refractivity contribution is 0.0305. The molecule has 0 aliphatic heterocycles. The Morgan fingerprint density at radius 2 is 1.71 bits per heavy atom. The molecule has 14 heavy (non-hydrogen) atoms. The second kappa shape index (κ2) is 4.35. The number of hydrogen-bond donors (Lipinski definition) is 2.